The maximum atomic E-state index is 6.32. The quantitative estimate of drug-likeness (QED) is 0.882. The van der Waals surface area contributed by atoms with Gasteiger partial charge in [0.2, 0.25) is 0 Å². The van der Waals surface area contributed by atoms with Crippen LogP contribution in [0.3, 0.4) is 0 Å². The average Bonchev–Trinajstić information content (AvgIpc) is 2.70. The molecule has 0 bridgehead atoms. The van der Waals surface area contributed by atoms with Gasteiger partial charge in [-0.2, -0.15) is 0 Å². The number of nitrogens with zero attached hydrogens (tertiary/aromatic N) is 1. The van der Waals surface area contributed by atoms with Gasteiger partial charge in [-0.05, 0) is 36.8 Å². The van der Waals surface area contributed by atoms with Crippen LogP contribution in [0, 0.1) is 0 Å². The second kappa shape index (κ2) is 5.26. The largest absolute Gasteiger partial charge is 0.326 e. The van der Waals surface area contributed by atoms with Crippen LogP contribution < -0.4 is 5.73 Å². The first-order valence-corrected chi connectivity index (χ1v) is 7.42. The van der Waals surface area contributed by atoms with E-state index >= 15 is 0 Å². The standard InChI is InChI=1S/C17H28N2/c1-12(2)19-11-10-15(18)16(19)13-6-8-14(9-7-13)17(3,4)5/h6-9,12,15-16H,10-11,18H2,1-5H3. The molecule has 19 heavy (non-hydrogen) atoms. The Labute approximate surface area is 118 Å². The minimum atomic E-state index is 0.216. The SMILES string of the molecule is CC(C)N1CCC(N)C1c1ccc(C(C)(C)C)cc1. The molecular weight excluding hydrogens is 232 g/mol. The molecule has 0 spiro atoms. The summed E-state index contributed by atoms with van der Waals surface area (Å²) in [5.41, 5.74) is 9.29. The Hall–Kier alpha value is -0.860. The molecule has 2 atom stereocenters. The molecule has 1 saturated heterocycles. The third kappa shape index (κ3) is 3.01. The first-order chi connectivity index (χ1) is 8.80. The zero-order chi connectivity index (χ0) is 14.2. The van der Waals surface area contributed by atoms with Gasteiger partial charge in [0, 0.05) is 18.6 Å². The summed E-state index contributed by atoms with van der Waals surface area (Å²) < 4.78 is 0. The highest BCUT2D eigenvalue weighted by Gasteiger charge is 2.34. The van der Waals surface area contributed by atoms with Crippen molar-refractivity contribution in [2.24, 2.45) is 5.73 Å². The van der Waals surface area contributed by atoms with Crippen LogP contribution in [-0.4, -0.2) is 23.5 Å². The van der Waals surface area contributed by atoms with Gasteiger partial charge in [-0.15, -0.1) is 0 Å². The molecule has 2 N–H and O–H groups in total. The van der Waals surface area contributed by atoms with E-state index in [0.29, 0.717) is 12.1 Å². The van der Waals surface area contributed by atoms with Crippen molar-refractivity contribution in [3.63, 3.8) is 0 Å². The molecule has 1 aliphatic heterocycles. The summed E-state index contributed by atoms with van der Waals surface area (Å²) in [4.78, 5) is 2.52. The van der Waals surface area contributed by atoms with E-state index in [1.54, 1.807) is 0 Å². The van der Waals surface area contributed by atoms with Gasteiger partial charge >= 0.3 is 0 Å². The second-order valence-corrected chi connectivity index (χ2v) is 7.10. The van der Waals surface area contributed by atoms with Crippen LogP contribution in [-0.2, 0) is 5.41 Å². The number of nitrogens with two attached hydrogens (primary N) is 1. The van der Waals surface area contributed by atoms with Crippen molar-refractivity contribution in [3.05, 3.63) is 35.4 Å². The van der Waals surface area contributed by atoms with E-state index < -0.39 is 0 Å². The Kier molecular flexibility index (Phi) is 4.03. The van der Waals surface area contributed by atoms with E-state index in [4.69, 9.17) is 5.73 Å². The van der Waals surface area contributed by atoms with E-state index in [9.17, 15) is 0 Å². The van der Waals surface area contributed by atoms with Crippen molar-refractivity contribution < 1.29 is 0 Å². The fourth-order valence-electron chi connectivity index (χ4n) is 3.04. The summed E-state index contributed by atoms with van der Waals surface area (Å²) in [6, 6.07) is 10.3. The summed E-state index contributed by atoms with van der Waals surface area (Å²) in [6.45, 7) is 12.4. The lowest BCUT2D eigenvalue weighted by Crippen LogP contribution is -2.35. The highest BCUT2D eigenvalue weighted by molar-refractivity contribution is 5.30. The van der Waals surface area contributed by atoms with Gasteiger partial charge in [0.05, 0.1) is 6.04 Å². The third-order valence-electron chi connectivity index (χ3n) is 4.27. The van der Waals surface area contributed by atoms with Crippen LogP contribution in [0.2, 0.25) is 0 Å². The van der Waals surface area contributed by atoms with E-state index in [0.717, 1.165) is 13.0 Å². The lowest BCUT2D eigenvalue weighted by Gasteiger charge is -2.31. The molecule has 2 unspecified atom stereocenters. The van der Waals surface area contributed by atoms with Gasteiger partial charge < -0.3 is 5.73 Å². The minimum absolute atomic E-state index is 0.216. The number of likely N-dealkylation sites (tertiary alicyclic amines) is 1. The molecule has 0 aromatic heterocycles. The fourth-order valence-corrected chi connectivity index (χ4v) is 3.04. The zero-order valence-electron chi connectivity index (χ0n) is 13.0. The molecule has 2 nitrogen and oxygen atoms in total. The van der Waals surface area contributed by atoms with Gasteiger partial charge in [-0.25, -0.2) is 0 Å². The van der Waals surface area contributed by atoms with Crippen LogP contribution in [0.5, 0.6) is 0 Å². The molecule has 1 fully saturated rings. The fraction of sp³-hybridized carbons (Fsp3) is 0.647. The molecule has 0 saturated carbocycles. The normalized spacial score (nSPS) is 25.2. The van der Waals surface area contributed by atoms with Crippen molar-refractivity contribution >= 4 is 0 Å². The highest BCUT2D eigenvalue weighted by Crippen LogP contribution is 2.33. The predicted molar refractivity (Wildman–Crippen MR) is 82.3 cm³/mol. The summed E-state index contributed by atoms with van der Waals surface area (Å²) in [6.07, 6.45) is 1.10. The monoisotopic (exact) mass is 260 g/mol. The Morgan fingerprint density at radius 3 is 2.21 bits per heavy atom. The maximum Gasteiger partial charge on any atom is 0.0502 e. The molecule has 2 rings (SSSR count). The van der Waals surface area contributed by atoms with Gasteiger partial charge in [0.15, 0.2) is 0 Å². The number of rotatable bonds is 2. The summed E-state index contributed by atoms with van der Waals surface area (Å²) >= 11 is 0. The molecule has 1 aromatic carbocycles. The van der Waals surface area contributed by atoms with Crippen molar-refractivity contribution in [2.45, 2.75) is 64.6 Å². The van der Waals surface area contributed by atoms with Crippen molar-refractivity contribution in [2.75, 3.05) is 6.54 Å². The van der Waals surface area contributed by atoms with E-state index in [2.05, 4.69) is 63.8 Å². The zero-order valence-corrected chi connectivity index (χ0v) is 13.0. The molecule has 1 heterocycles. The lowest BCUT2D eigenvalue weighted by molar-refractivity contribution is 0.198. The Balaban J connectivity index is 2.26. The van der Waals surface area contributed by atoms with Gasteiger partial charge in [-0.1, -0.05) is 45.0 Å². The Morgan fingerprint density at radius 2 is 1.74 bits per heavy atom. The van der Waals surface area contributed by atoms with Crippen LogP contribution in [0.4, 0.5) is 0 Å². The number of hydrogen-bond acceptors (Lipinski definition) is 2. The lowest BCUT2D eigenvalue weighted by atomic mass is 9.86. The van der Waals surface area contributed by atoms with Crippen LogP contribution in [0.1, 0.15) is 58.2 Å². The van der Waals surface area contributed by atoms with Gasteiger partial charge in [-0.3, -0.25) is 4.90 Å². The van der Waals surface area contributed by atoms with Crippen LogP contribution in [0.15, 0.2) is 24.3 Å². The molecule has 0 radical (unpaired) electrons. The first-order valence-electron chi connectivity index (χ1n) is 7.42. The highest BCUT2D eigenvalue weighted by atomic mass is 15.2. The van der Waals surface area contributed by atoms with Crippen LogP contribution >= 0.6 is 0 Å². The van der Waals surface area contributed by atoms with Gasteiger partial charge in [0.25, 0.3) is 0 Å². The smallest absolute Gasteiger partial charge is 0.0502 e. The number of hydrogen-bond donors (Lipinski definition) is 1. The summed E-state index contributed by atoms with van der Waals surface area (Å²) in [5.74, 6) is 0. The molecule has 0 amide bonds. The number of benzene rings is 1. The average molecular weight is 260 g/mol. The van der Waals surface area contributed by atoms with E-state index in [1.165, 1.54) is 11.1 Å². The van der Waals surface area contributed by atoms with E-state index in [1.807, 2.05) is 0 Å². The van der Waals surface area contributed by atoms with E-state index in [-0.39, 0.29) is 11.5 Å². The Morgan fingerprint density at radius 1 is 1.16 bits per heavy atom. The predicted octanol–water partition coefficient (Wildman–Crippen LogP) is 3.47. The van der Waals surface area contributed by atoms with Crippen molar-refractivity contribution in [3.8, 4) is 0 Å². The van der Waals surface area contributed by atoms with Gasteiger partial charge in [0.1, 0.15) is 0 Å². The van der Waals surface area contributed by atoms with Crippen molar-refractivity contribution in [1.82, 2.24) is 4.90 Å². The first kappa shape index (κ1) is 14.5. The molecule has 1 aromatic rings. The minimum Gasteiger partial charge on any atom is -0.326 e. The topological polar surface area (TPSA) is 29.3 Å². The summed E-state index contributed by atoms with van der Waals surface area (Å²) in [7, 11) is 0. The molecule has 106 valence electrons. The maximum absolute atomic E-state index is 6.32. The Bertz CT molecular complexity index is 414. The molecule has 2 heteroatoms. The molecular formula is C17H28N2. The summed E-state index contributed by atoms with van der Waals surface area (Å²) in [5, 5.41) is 0. The molecule has 0 aliphatic carbocycles. The molecule has 1 aliphatic rings. The van der Waals surface area contributed by atoms with Crippen LogP contribution in [0.25, 0.3) is 0 Å². The van der Waals surface area contributed by atoms with Crippen molar-refractivity contribution in [1.29, 1.82) is 0 Å². The second-order valence-electron chi connectivity index (χ2n) is 7.10. The third-order valence-corrected chi connectivity index (χ3v) is 4.27.